The maximum Gasteiger partial charge on any atom is 0.308 e. The molecule has 0 aromatic carbocycles. The Labute approximate surface area is 269 Å². The van der Waals surface area contributed by atoms with Crippen LogP contribution in [0, 0.1) is 0 Å². The molecule has 0 fully saturated rings. The van der Waals surface area contributed by atoms with Crippen LogP contribution >= 0.6 is 0 Å². The molecule has 14 nitrogen and oxygen atoms in total. The quantitative estimate of drug-likeness (QED) is 0.0707. The van der Waals surface area contributed by atoms with E-state index < -0.39 is 0 Å². The second kappa shape index (κ2) is 38.7. The lowest BCUT2D eigenvalue weighted by Crippen LogP contribution is -2.15. The molecule has 0 aliphatic rings. The van der Waals surface area contributed by atoms with Crippen LogP contribution in [0.15, 0.2) is 0 Å². The SMILES string of the molecule is CCCCCC(=O)OCCOCCOCCOCCOCCOCCOCCOCCOCCOCCOCCC(=O)OCC. The van der Waals surface area contributed by atoms with E-state index in [2.05, 4.69) is 6.92 Å². The first-order chi connectivity index (χ1) is 22.2. The Kier molecular flexibility index (Phi) is 37.5. The molecule has 0 amide bonds. The number of hydrogen-bond donors (Lipinski definition) is 0. The van der Waals surface area contributed by atoms with Crippen LogP contribution in [0.4, 0.5) is 0 Å². The van der Waals surface area contributed by atoms with E-state index in [1.165, 1.54) is 0 Å². The zero-order valence-corrected chi connectivity index (χ0v) is 27.8. The van der Waals surface area contributed by atoms with Gasteiger partial charge in [-0.05, 0) is 13.3 Å². The van der Waals surface area contributed by atoms with Crippen molar-refractivity contribution < 1.29 is 66.4 Å². The van der Waals surface area contributed by atoms with Crippen molar-refractivity contribution in [1.82, 2.24) is 0 Å². The molecule has 0 heterocycles. The van der Waals surface area contributed by atoms with Crippen molar-refractivity contribution >= 4 is 11.9 Å². The molecule has 0 saturated heterocycles. The van der Waals surface area contributed by atoms with Crippen molar-refractivity contribution in [3.63, 3.8) is 0 Å². The number of esters is 2. The summed E-state index contributed by atoms with van der Waals surface area (Å²) in [7, 11) is 0. The molecule has 268 valence electrons. The molecule has 14 heteroatoms. The van der Waals surface area contributed by atoms with Crippen LogP contribution in [0.25, 0.3) is 0 Å². The van der Waals surface area contributed by atoms with Gasteiger partial charge in [-0.1, -0.05) is 19.8 Å². The van der Waals surface area contributed by atoms with Gasteiger partial charge in [0.1, 0.15) is 6.61 Å². The van der Waals surface area contributed by atoms with Crippen molar-refractivity contribution in [3.05, 3.63) is 0 Å². The highest BCUT2D eigenvalue weighted by molar-refractivity contribution is 5.69. The molecular formula is C31H60O14. The third kappa shape index (κ3) is 38.6. The lowest BCUT2D eigenvalue weighted by molar-refractivity contribution is -0.146. The van der Waals surface area contributed by atoms with E-state index in [1.807, 2.05) is 0 Å². The van der Waals surface area contributed by atoms with Gasteiger partial charge < -0.3 is 56.8 Å². The molecule has 45 heavy (non-hydrogen) atoms. The van der Waals surface area contributed by atoms with E-state index in [-0.39, 0.29) is 25.0 Å². The zero-order chi connectivity index (χ0) is 32.7. The number of ether oxygens (including phenoxy) is 12. The molecule has 0 N–H and O–H groups in total. The van der Waals surface area contributed by atoms with Gasteiger partial charge in [0.25, 0.3) is 0 Å². The number of unbranched alkanes of at least 4 members (excludes halogenated alkanes) is 2. The Morgan fingerprint density at radius 2 is 0.622 bits per heavy atom. The second-order valence-electron chi connectivity index (χ2n) is 9.36. The highest BCUT2D eigenvalue weighted by atomic mass is 16.6. The van der Waals surface area contributed by atoms with Gasteiger partial charge in [-0.3, -0.25) is 9.59 Å². The first kappa shape index (κ1) is 43.5. The first-order valence-electron chi connectivity index (χ1n) is 16.3. The van der Waals surface area contributed by atoms with E-state index in [0.29, 0.717) is 145 Å². The summed E-state index contributed by atoms with van der Waals surface area (Å²) in [6.45, 7) is 13.8. The van der Waals surface area contributed by atoms with Gasteiger partial charge >= 0.3 is 11.9 Å². The molecular weight excluding hydrogens is 596 g/mol. The minimum atomic E-state index is -0.253. The molecule has 0 bridgehead atoms. The van der Waals surface area contributed by atoms with Crippen LogP contribution in [0.2, 0.25) is 0 Å². The Bertz CT molecular complexity index is 611. The Morgan fingerprint density at radius 3 is 0.933 bits per heavy atom. The minimum absolute atomic E-state index is 0.163. The predicted molar refractivity (Wildman–Crippen MR) is 165 cm³/mol. The largest absolute Gasteiger partial charge is 0.466 e. The fraction of sp³-hybridized carbons (Fsp3) is 0.935. The van der Waals surface area contributed by atoms with E-state index >= 15 is 0 Å². The molecule has 0 radical (unpaired) electrons. The number of rotatable bonds is 38. The van der Waals surface area contributed by atoms with Crippen LogP contribution in [0.5, 0.6) is 0 Å². The van der Waals surface area contributed by atoms with Crippen LogP contribution in [-0.2, 0) is 66.4 Å². The molecule has 0 atom stereocenters. The van der Waals surface area contributed by atoms with Crippen LogP contribution in [-0.4, -0.2) is 157 Å². The fourth-order valence-corrected chi connectivity index (χ4v) is 3.28. The Morgan fingerprint density at radius 1 is 0.333 bits per heavy atom. The van der Waals surface area contributed by atoms with Gasteiger partial charge in [0.15, 0.2) is 0 Å². The van der Waals surface area contributed by atoms with E-state index in [4.69, 9.17) is 56.8 Å². The smallest absolute Gasteiger partial charge is 0.308 e. The topological polar surface area (TPSA) is 145 Å². The molecule has 0 aliphatic carbocycles. The highest BCUT2D eigenvalue weighted by Crippen LogP contribution is 2.00. The molecule has 0 rings (SSSR count). The lowest BCUT2D eigenvalue weighted by Gasteiger charge is -2.09. The van der Waals surface area contributed by atoms with Gasteiger partial charge in [-0.2, -0.15) is 0 Å². The Balaban J connectivity index is 3.09. The molecule has 0 saturated carbocycles. The van der Waals surface area contributed by atoms with Gasteiger partial charge in [0.05, 0.1) is 145 Å². The molecule has 0 spiro atoms. The van der Waals surface area contributed by atoms with Crippen LogP contribution in [0.3, 0.4) is 0 Å². The van der Waals surface area contributed by atoms with Crippen molar-refractivity contribution in [3.8, 4) is 0 Å². The molecule has 0 aromatic heterocycles. The van der Waals surface area contributed by atoms with E-state index in [9.17, 15) is 9.59 Å². The fourth-order valence-electron chi connectivity index (χ4n) is 3.28. The molecule has 0 aliphatic heterocycles. The number of hydrogen-bond acceptors (Lipinski definition) is 14. The van der Waals surface area contributed by atoms with Gasteiger partial charge in [-0.15, -0.1) is 0 Å². The molecule has 0 unspecified atom stereocenters. The number of carbonyl (C=O) groups excluding carboxylic acids is 2. The average Bonchev–Trinajstić information content (AvgIpc) is 3.03. The summed E-state index contributed by atoms with van der Waals surface area (Å²) in [5.41, 5.74) is 0. The summed E-state index contributed by atoms with van der Waals surface area (Å²) in [5.74, 6) is -0.416. The van der Waals surface area contributed by atoms with E-state index in [1.54, 1.807) is 6.92 Å². The monoisotopic (exact) mass is 656 g/mol. The summed E-state index contributed by atoms with van der Waals surface area (Å²) in [4.78, 5) is 22.6. The van der Waals surface area contributed by atoms with Crippen molar-refractivity contribution in [2.45, 2.75) is 46.0 Å². The second-order valence-corrected chi connectivity index (χ2v) is 9.36. The summed E-state index contributed by atoms with van der Waals surface area (Å²) in [5, 5.41) is 0. The standard InChI is InChI=1S/C31H60O14/c1-3-5-6-7-30(32)45-29-28-43-27-26-42-25-24-41-23-22-40-21-20-39-19-18-38-17-16-37-15-14-36-13-12-35-11-10-34-9-8-31(33)44-4-2/h3-29H2,1-2H3. The van der Waals surface area contributed by atoms with Gasteiger partial charge in [-0.25, -0.2) is 0 Å². The predicted octanol–water partition coefficient (Wildman–Crippen LogP) is 2.23. The third-order valence-corrected chi connectivity index (χ3v) is 5.58. The average molecular weight is 657 g/mol. The Hall–Kier alpha value is -1.46. The number of carbonyl (C=O) groups is 2. The van der Waals surface area contributed by atoms with Crippen molar-refractivity contribution in [2.75, 3.05) is 145 Å². The third-order valence-electron chi connectivity index (χ3n) is 5.58. The maximum absolute atomic E-state index is 11.4. The first-order valence-corrected chi connectivity index (χ1v) is 16.3. The highest BCUT2D eigenvalue weighted by Gasteiger charge is 2.02. The van der Waals surface area contributed by atoms with Gasteiger partial charge in [0.2, 0.25) is 0 Å². The van der Waals surface area contributed by atoms with Crippen LogP contribution < -0.4 is 0 Å². The molecule has 0 aromatic rings. The minimum Gasteiger partial charge on any atom is -0.466 e. The zero-order valence-electron chi connectivity index (χ0n) is 27.8. The summed E-state index contributed by atoms with van der Waals surface area (Å²) in [6, 6.07) is 0. The maximum atomic E-state index is 11.4. The summed E-state index contributed by atoms with van der Waals surface area (Å²) < 4.78 is 64.1. The van der Waals surface area contributed by atoms with Crippen molar-refractivity contribution in [1.29, 1.82) is 0 Å². The van der Waals surface area contributed by atoms with Crippen molar-refractivity contribution in [2.24, 2.45) is 0 Å². The lowest BCUT2D eigenvalue weighted by atomic mass is 10.2. The van der Waals surface area contributed by atoms with Crippen LogP contribution in [0.1, 0.15) is 46.0 Å². The summed E-state index contributed by atoms with van der Waals surface area (Å²) >= 11 is 0. The van der Waals surface area contributed by atoms with E-state index in [0.717, 1.165) is 19.3 Å². The summed E-state index contributed by atoms with van der Waals surface area (Å²) in [6.07, 6.45) is 3.74. The van der Waals surface area contributed by atoms with Gasteiger partial charge in [0, 0.05) is 6.42 Å². The normalized spacial score (nSPS) is 11.2.